The second-order valence-corrected chi connectivity index (χ2v) is 6.74. The van der Waals surface area contributed by atoms with Crippen LogP contribution in [0.15, 0.2) is 0 Å². The Labute approximate surface area is 118 Å². The predicted molar refractivity (Wildman–Crippen MR) is 78.2 cm³/mol. The third-order valence-electron chi connectivity index (χ3n) is 5.31. The van der Waals surface area contributed by atoms with E-state index < -0.39 is 0 Å². The number of aliphatic hydroxyl groups excluding tert-OH is 1. The van der Waals surface area contributed by atoms with E-state index in [4.69, 9.17) is 4.74 Å². The van der Waals surface area contributed by atoms with Gasteiger partial charge in [-0.2, -0.15) is 0 Å². The van der Waals surface area contributed by atoms with Crippen LogP contribution in [-0.2, 0) is 4.74 Å². The van der Waals surface area contributed by atoms with Crippen LogP contribution in [0, 0.1) is 11.8 Å². The minimum absolute atomic E-state index is 0.0683. The molecular formula is C16H31NO2. The van der Waals surface area contributed by atoms with Gasteiger partial charge in [0.25, 0.3) is 0 Å². The maximum atomic E-state index is 9.47. The molecule has 3 heteroatoms. The molecule has 19 heavy (non-hydrogen) atoms. The van der Waals surface area contributed by atoms with Crippen molar-refractivity contribution in [2.75, 3.05) is 19.8 Å². The number of rotatable bonds is 5. The first kappa shape index (κ1) is 15.3. The van der Waals surface area contributed by atoms with Crippen molar-refractivity contribution >= 4 is 0 Å². The molecule has 1 aliphatic heterocycles. The van der Waals surface area contributed by atoms with Gasteiger partial charge in [0.1, 0.15) is 0 Å². The normalized spacial score (nSPS) is 40.3. The average Bonchev–Trinajstić information content (AvgIpc) is 2.45. The third-order valence-corrected chi connectivity index (χ3v) is 5.31. The Morgan fingerprint density at radius 3 is 2.63 bits per heavy atom. The Morgan fingerprint density at radius 2 is 1.95 bits per heavy atom. The molecule has 0 spiro atoms. The van der Waals surface area contributed by atoms with E-state index in [9.17, 15) is 5.11 Å². The highest BCUT2D eigenvalue weighted by Gasteiger charge is 2.32. The summed E-state index contributed by atoms with van der Waals surface area (Å²) in [6, 6.07) is 0.597. The van der Waals surface area contributed by atoms with Crippen LogP contribution in [0.5, 0.6) is 0 Å². The van der Waals surface area contributed by atoms with Gasteiger partial charge in [-0.1, -0.05) is 19.8 Å². The lowest BCUT2D eigenvalue weighted by molar-refractivity contribution is -0.0786. The summed E-state index contributed by atoms with van der Waals surface area (Å²) in [5, 5.41) is 13.2. The fraction of sp³-hybridized carbons (Fsp3) is 1.00. The van der Waals surface area contributed by atoms with Gasteiger partial charge in [0.05, 0.1) is 5.60 Å². The minimum Gasteiger partial charge on any atom is -0.396 e. The van der Waals surface area contributed by atoms with Crippen molar-refractivity contribution in [3.8, 4) is 0 Å². The van der Waals surface area contributed by atoms with Crippen molar-refractivity contribution in [3.05, 3.63) is 0 Å². The Bertz CT molecular complexity index is 271. The van der Waals surface area contributed by atoms with Gasteiger partial charge in [-0.3, -0.25) is 0 Å². The molecule has 0 radical (unpaired) electrons. The van der Waals surface area contributed by atoms with Crippen molar-refractivity contribution in [2.24, 2.45) is 11.8 Å². The Hall–Kier alpha value is -0.120. The standard InChI is InChI=1S/C16H31NO2/c1-3-16(2)10-15(8-9-19-16)17-11-13-6-4-5-7-14(13)12-18/h13-15,17-18H,3-12H2,1-2H3. The van der Waals surface area contributed by atoms with Crippen molar-refractivity contribution in [1.82, 2.24) is 5.32 Å². The lowest BCUT2D eigenvalue weighted by atomic mass is 9.79. The van der Waals surface area contributed by atoms with Gasteiger partial charge in [0.2, 0.25) is 0 Å². The highest BCUT2D eigenvalue weighted by atomic mass is 16.5. The fourth-order valence-corrected chi connectivity index (χ4v) is 3.66. The zero-order chi connectivity index (χ0) is 13.7. The molecule has 4 unspecified atom stereocenters. The fourth-order valence-electron chi connectivity index (χ4n) is 3.66. The van der Waals surface area contributed by atoms with Gasteiger partial charge in [-0.25, -0.2) is 0 Å². The average molecular weight is 269 g/mol. The molecule has 1 saturated heterocycles. The zero-order valence-corrected chi connectivity index (χ0v) is 12.7. The summed E-state index contributed by atoms with van der Waals surface area (Å²) in [5.74, 6) is 1.20. The van der Waals surface area contributed by atoms with Crippen LogP contribution >= 0.6 is 0 Å². The first-order chi connectivity index (χ1) is 9.17. The number of ether oxygens (including phenoxy) is 1. The highest BCUT2D eigenvalue weighted by Crippen LogP contribution is 2.31. The summed E-state index contributed by atoms with van der Waals surface area (Å²) >= 11 is 0. The first-order valence-corrected chi connectivity index (χ1v) is 8.15. The number of aliphatic hydroxyl groups is 1. The molecule has 1 aliphatic carbocycles. The highest BCUT2D eigenvalue weighted by molar-refractivity contribution is 4.87. The summed E-state index contributed by atoms with van der Waals surface area (Å²) < 4.78 is 5.90. The summed E-state index contributed by atoms with van der Waals surface area (Å²) in [5.41, 5.74) is 0.0683. The molecule has 1 heterocycles. The van der Waals surface area contributed by atoms with Crippen molar-refractivity contribution < 1.29 is 9.84 Å². The second-order valence-electron chi connectivity index (χ2n) is 6.74. The number of nitrogens with one attached hydrogen (secondary N) is 1. The van der Waals surface area contributed by atoms with Crippen LogP contribution in [0.2, 0.25) is 0 Å². The molecule has 2 fully saturated rings. The molecule has 2 aliphatic rings. The largest absolute Gasteiger partial charge is 0.396 e. The summed E-state index contributed by atoms with van der Waals surface area (Å²) in [4.78, 5) is 0. The van der Waals surface area contributed by atoms with E-state index >= 15 is 0 Å². The Balaban J connectivity index is 1.78. The maximum Gasteiger partial charge on any atom is 0.0666 e. The number of hydrogen-bond acceptors (Lipinski definition) is 3. The van der Waals surface area contributed by atoms with Gasteiger partial charge in [0, 0.05) is 19.3 Å². The third kappa shape index (κ3) is 4.17. The van der Waals surface area contributed by atoms with Crippen molar-refractivity contribution in [3.63, 3.8) is 0 Å². The topological polar surface area (TPSA) is 41.5 Å². The van der Waals surface area contributed by atoms with Crippen LogP contribution < -0.4 is 5.32 Å². The zero-order valence-electron chi connectivity index (χ0n) is 12.7. The Morgan fingerprint density at radius 1 is 1.21 bits per heavy atom. The van der Waals surface area contributed by atoms with Crippen LogP contribution in [0.25, 0.3) is 0 Å². The van der Waals surface area contributed by atoms with E-state index in [-0.39, 0.29) is 5.60 Å². The first-order valence-electron chi connectivity index (χ1n) is 8.15. The van der Waals surface area contributed by atoms with E-state index in [1.165, 1.54) is 25.7 Å². The minimum atomic E-state index is 0.0683. The Kier molecular flexibility index (Phi) is 5.67. The molecule has 2 N–H and O–H groups in total. The lowest BCUT2D eigenvalue weighted by Gasteiger charge is -2.39. The molecule has 112 valence electrons. The second kappa shape index (κ2) is 7.05. The lowest BCUT2D eigenvalue weighted by Crippen LogP contribution is -2.47. The van der Waals surface area contributed by atoms with E-state index in [1.807, 2.05) is 0 Å². The molecule has 2 rings (SSSR count). The number of hydrogen-bond donors (Lipinski definition) is 2. The van der Waals surface area contributed by atoms with Crippen molar-refractivity contribution in [2.45, 2.75) is 70.4 Å². The van der Waals surface area contributed by atoms with E-state index in [2.05, 4.69) is 19.2 Å². The molecule has 4 atom stereocenters. The molecule has 0 aromatic heterocycles. The maximum absolute atomic E-state index is 9.47. The van der Waals surface area contributed by atoms with Crippen molar-refractivity contribution in [1.29, 1.82) is 0 Å². The molecule has 0 amide bonds. The summed E-state index contributed by atoms with van der Waals surface area (Å²) in [6.07, 6.45) is 8.48. The quantitative estimate of drug-likeness (QED) is 0.806. The van der Waals surface area contributed by atoms with Gasteiger partial charge in [-0.15, -0.1) is 0 Å². The smallest absolute Gasteiger partial charge is 0.0666 e. The molecule has 0 aromatic rings. The molecule has 0 aromatic carbocycles. The van der Waals surface area contributed by atoms with E-state index in [0.717, 1.165) is 32.4 Å². The molecule has 0 bridgehead atoms. The van der Waals surface area contributed by atoms with Crippen LogP contribution in [0.1, 0.15) is 58.8 Å². The molecular weight excluding hydrogens is 238 g/mol. The molecule has 3 nitrogen and oxygen atoms in total. The van der Waals surface area contributed by atoms with E-state index in [0.29, 0.717) is 24.5 Å². The van der Waals surface area contributed by atoms with Crippen LogP contribution in [0.4, 0.5) is 0 Å². The molecule has 1 saturated carbocycles. The van der Waals surface area contributed by atoms with Crippen LogP contribution in [0.3, 0.4) is 0 Å². The monoisotopic (exact) mass is 269 g/mol. The van der Waals surface area contributed by atoms with E-state index in [1.54, 1.807) is 0 Å². The summed E-state index contributed by atoms with van der Waals surface area (Å²) in [6.45, 7) is 6.78. The van der Waals surface area contributed by atoms with Gasteiger partial charge < -0.3 is 15.2 Å². The summed E-state index contributed by atoms with van der Waals surface area (Å²) in [7, 11) is 0. The van der Waals surface area contributed by atoms with Gasteiger partial charge in [0.15, 0.2) is 0 Å². The van der Waals surface area contributed by atoms with Gasteiger partial charge in [-0.05, 0) is 57.4 Å². The predicted octanol–water partition coefficient (Wildman–Crippen LogP) is 2.72. The van der Waals surface area contributed by atoms with Crippen LogP contribution in [-0.4, -0.2) is 36.5 Å². The van der Waals surface area contributed by atoms with Gasteiger partial charge >= 0.3 is 0 Å². The SMILES string of the molecule is CCC1(C)CC(NCC2CCCCC2CO)CCO1.